The number of nitrogens with one attached hydrogen (secondary N) is 1. The number of rotatable bonds is 4. The summed E-state index contributed by atoms with van der Waals surface area (Å²) in [7, 11) is 0. The van der Waals surface area contributed by atoms with Gasteiger partial charge < -0.3 is 10.2 Å². The maximum atomic E-state index is 12.9. The smallest absolute Gasteiger partial charge is 0.370 e. The molecule has 0 aliphatic carbocycles. The molecule has 9 heteroatoms. The molecule has 1 aromatic carbocycles. The molecule has 0 spiro atoms. The number of pyridine rings is 1. The zero-order chi connectivity index (χ0) is 21.3. The molecule has 1 fully saturated rings. The molecule has 4 rings (SSSR count). The van der Waals surface area contributed by atoms with E-state index in [1.54, 1.807) is 6.92 Å². The monoisotopic (exact) mass is 415 g/mol. The van der Waals surface area contributed by atoms with Crippen molar-refractivity contribution in [1.29, 1.82) is 0 Å². The summed E-state index contributed by atoms with van der Waals surface area (Å²) in [6, 6.07) is 9.79. The SMILES string of the molecule is Cc1c(C(=O)Nc2ccccc2N2CCCC2)cnn1-c1ccc(C(F)(F)F)cn1. The van der Waals surface area contributed by atoms with Crippen molar-refractivity contribution in [2.24, 2.45) is 0 Å². The molecule has 156 valence electrons. The fraction of sp³-hybridized carbons (Fsp3) is 0.286. The van der Waals surface area contributed by atoms with Gasteiger partial charge in [-0.05, 0) is 44.0 Å². The zero-order valence-corrected chi connectivity index (χ0v) is 16.3. The van der Waals surface area contributed by atoms with Crippen LogP contribution in [0.4, 0.5) is 24.5 Å². The lowest BCUT2D eigenvalue weighted by atomic mass is 10.2. The third-order valence-electron chi connectivity index (χ3n) is 5.15. The summed E-state index contributed by atoms with van der Waals surface area (Å²) < 4.78 is 39.6. The molecule has 3 aromatic rings. The van der Waals surface area contributed by atoms with Crippen LogP contribution in [-0.4, -0.2) is 33.8 Å². The minimum Gasteiger partial charge on any atom is -0.370 e. The first kappa shape index (κ1) is 19.9. The Kier molecular flexibility index (Phi) is 5.19. The van der Waals surface area contributed by atoms with Crippen molar-refractivity contribution in [3.63, 3.8) is 0 Å². The highest BCUT2D eigenvalue weighted by Gasteiger charge is 2.31. The number of aromatic nitrogens is 3. The number of nitrogens with zero attached hydrogens (tertiary/aromatic N) is 4. The summed E-state index contributed by atoms with van der Waals surface area (Å²) in [5, 5.41) is 7.08. The van der Waals surface area contributed by atoms with Crippen LogP contribution in [0.1, 0.15) is 34.5 Å². The molecule has 0 radical (unpaired) electrons. The van der Waals surface area contributed by atoms with Crippen LogP contribution in [0.3, 0.4) is 0 Å². The predicted octanol–water partition coefficient (Wildman–Crippen LogP) is 4.45. The normalized spacial score (nSPS) is 14.2. The van der Waals surface area contributed by atoms with Gasteiger partial charge in [0, 0.05) is 19.3 Å². The van der Waals surface area contributed by atoms with Crippen molar-refractivity contribution in [2.45, 2.75) is 25.9 Å². The molecule has 30 heavy (non-hydrogen) atoms. The van der Waals surface area contributed by atoms with Gasteiger partial charge in [-0.3, -0.25) is 4.79 Å². The standard InChI is InChI=1S/C21H20F3N5O/c1-14-16(13-26-29(14)19-9-8-15(12-25-19)21(22,23)24)20(30)27-17-6-2-3-7-18(17)28-10-4-5-11-28/h2-3,6-9,12-13H,4-5,10-11H2,1H3,(H,27,30). The summed E-state index contributed by atoms with van der Waals surface area (Å²) in [5.74, 6) is -0.130. The van der Waals surface area contributed by atoms with E-state index in [0.717, 1.165) is 43.9 Å². The molecule has 1 saturated heterocycles. The number of carbonyl (C=O) groups excluding carboxylic acids is 1. The van der Waals surface area contributed by atoms with Gasteiger partial charge >= 0.3 is 6.18 Å². The Balaban J connectivity index is 1.56. The van der Waals surface area contributed by atoms with Gasteiger partial charge in [-0.25, -0.2) is 9.67 Å². The topological polar surface area (TPSA) is 63.1 Å². The van der Waals surface area contributed by atoms with Gasteiger partial charge in [-0.1, -0.05) is 12.1 Å². The molecular formula is C21H20F3N5O. The highest BCUT2D eigenvalue weighted by molar-refractivity contribution is 6.06. The third kappa shape index (κ3) is 3.87. The molecular weight excluding hydrogens is 395 g/mol. The van der Waals surface area contributed by atoms with E-state index in [1.807, 2.05) is 24.3 Å². The van der Waals surface area contributed by atoms with Crippen LogP contribution in [-0.2, 0) is 6.18 Å². The van der Waals surface area contributed by atoms with Gasteiger partial charge in [-0.2, -0.15) is 18.3 Å². The van der Waals surface area contributed by atoms with Gasteiger partial charge in [0.1, 0.15) is 0 Å². The number of alkyl halides is 3. The lowest BCUT2D eigenvalue weighted by Crippen LogP contribution is -2.21. The predicted molar refractivity (Wildman–Crippen MR) is 107 cm³/mol. The lowest BCUT2D eigenvalue weighted by molar-refractivity contribution is -0.137. The second kappa shape index (κ2) is 7.81. The molecule has 0 bridgehead atoms. The Morgan fingerprint density at radius 1 is 1.07 bits per heavy atom. The molecule has 0 atom stereocenters. The van der Waals surface area contributed by atoms with Crippen LogP contribution in [0.25, 0.3) is 5.82 Å². The van der Waals surface area contributed by atoms with Crippen LogP contribution in [0.5, 0.6) is 0 Å². The summed E-state index contributed by atoms with van der Waals surface area (Å²) in [6.07, 6.45) is -0.0774. The number of para-hydroxylation sites is 2. The van der Waals surface area contributed by atoms with Gasteiger partial charge in [-0.15, -0.1) is 0 Å². The number of amides is 1. The number of hydrogen-bond donors (Lipinski definition) is 1. The quantitative estimate of drug-likeness (QED) is 0.684. The highest BCUT2D eigenvalue weighted by atomic mass is 19.4. The first-order chi connectivity index (χ1) is 14.3. The van der Waals surface area contributed by atoms with Crippen molar-refractivity contribution in [3.8, 4) is 5.82 Å². The molecule has 0 unspecified atom stereocenters. The van der Waals surface area contributed by atoms with E-state index in [-0.39, 0.29) is 11.7 Å². The lowest BCUT2D eigenvalue weighted by Gasteiger charge is -2.21. The summed E-state index contributed by atoms with van der Waals surface area (Å²) in [4.78, 5) is 19.0. The van der Waals surface area contributed by atoms with E-state index in [1.165, 1.54) is 16.9 Å². The Labute approximate surface area is 171 Å². The number of carbonyl (C=O) groups is 1. The highest BCUT2D eigenvalue weighted by Crippen LogP contribution is 2.30. The minimum absolute atomic E-state index is 0.206. The maximum absolute atomic E-state index is 12.9. The van der Waals surface area contributed by atoms with Crippen LogP contribution >= 0.6 is 0 Å². The summed E-state index contributed by atoms with van der Waals surface area (Å²) >= 11 is 0. The van der Waals surface area contributed by atoms with E-state index in [4.69, 9.17) is 0 Å². The van der Waals surface area contributed by atoms with Crippen LogP contribution in [0.15, 0.2) is 48.8 Å². The van der Waals surface area contributed by atoms with Gasteiger partial charge in [0.05, 0.1) is 34.4 Å². The number of anilines is 2. The van der Waals surface area contributed by atoms with E-state index >= 15 is 0 Å². The van der Waals surface area contributed by atoms with Crippen molar-refractivity contribution >= 4 is 17.3 Å². The zero-order valence-electron chi connectivity index (χ0n) is 16.3. The van der Waals surface area contributed by atoms with E-state index in [0.29, 0.717) is 16.9 Å². The number of benzene rings is 1. The first-order valence-electron chi connectivity index (χ1n) is 9.58. The second-order valence-corrected chi connectivity index (χ2v) is 7.12. The fourth-order valence-corrected chi connectivity index (χ4v) is 3.55. The Bertz CT molecular complexity index is 1050. The summed E-state index contributed by atoms with van der Waals surface area (Å²) in [5.41, 5.74) is 1.65. The van der Waals surface area contributed by atoms with Gasteiger partial charge in [0.25, 0.3) is 5.91 Å². The van der Waals surface area contributed by atoms with Crippen molar-refractivity contribution in [3.05, 3.63) is 65.6 Å². The molecule has 1 aliphatic rings. The molecule has 1 N–H and O–H groups in total. The van der Waals surface area contributed by atoms with Crippen LogP contribution in [0, 0.1) is 6.92 Å². The largest absolute Gasteiger partial charge is 0.417 e. The number of hydrogen-bond acceptors (Lipinski definition) is 4. The fourth-order valence-electron chi connectivity index (χ4n) is 3.55. The van der Waals surface area contributed by atoms with Gasteiger partial charge in [0.15, 0.2) is 5.82 Å². The molecule has 1 amide bonds. The van der Waals surface area contributed by atoms with Crippen LogP contribution < -0.4 is 10.2 Å². The van der Waals surface area contributed by atoms with E-state index in [2.05, 4.69) is 20.3 Å². The van der Waals surface area contributed by atoms with Crippen molar-refractivity contribution in [1.82, 2.24) is 14.8 Å². The summed E-state index contributed by atoms with van der Waals surface area (Å²) in [6.45, 7) is 3.57. The minimum atomic E-state index is -4.46. The Morgan fingerprint density at radius 3 is 2.47 bits per heavy atom. The van der Waals surface area contributed by atoms with E-state index in [9.17, 15) is 18.0 Å². The van der Waals surface area contributed by atoms with Gasteiger partial charge in [0.2, 0.25) is 0 Å². The third-order valence-corrected chi connectivity index (χ3v) is 5.15. The second-order valence-electron chi connectivity index (χ2n) is 7.12. The molecule has 3 heterocycles. The first-order valence-corrected chi connectivity index (χ1v) is 9.58. The Hall–Kier alpha value is -3.36. The average molecular weight is 415 g/mol. The molecule has 1 aliphatic heterocycles. The average Bonchev–Trinajstić information content (AvgIpc) is 3.38. The Morgan fingerprint density at radius 2 is 1.80 bits per heavy atom. The number of halogens is 3. The maximum Gasteiger partial charge on any atom is 0.417 e. The van der Waals surface area contributed by atoms with Crippen molar-refractivity contribution < 1.29 is 18.0 Å². The molecule has 6 nitrogen and oxygen atoms in total. The van der Waals surface area contributed by atoms with Crippen molar-refractivity contribution in [2.75, 3.05) is 23.3 Å². The van der Waals surface area contributed by atoms with E-state index < -0.39 is 11.7 Å². The molecule has 2 aromatic heterocycles. The molecule has 0 saturated carbocycles. The van der Waals surface area contributed by atoms with Crippen LogP contribution in [0.2, 0.25) is 0 Å².